The molecule has 0 aliphatic rings. The second kappa shape index (κ2) is 11.0. The molecule has 6 heteroatoms. The van der Waals surface area contributed by atoms with Crippen molar-refractivity contribution in [3.8, 4) is 0 Å². The molecule has 0 saturated heterocycles. The molecule has 0 aromatic carbocycles. The third-order valence-corrected chi connectivity index (χ3v) is 0.346. The first-order valence-electron chi connectivity index (χ1n) is 0.871. The zero-order chi connectivity index (χ0) is 4.28. The zero-order valence-electron chi connectivity index (χ0n) is 3.44. The van der Waals surface area contributed by atoms with Crippen LogP contribution in [0.5, 0.6) is 0 Å². The second-order valence-electron chi connectivity index (χ2n) is 0.382. The monoisotopic (exact) mass is 368 g/mol. The summed E-state index contributed by atoms with van der Waals surface area (Å²) in [6.45, 7) is 0. The average molecular weight is 368 g/mol. The first-order valence-corrected chi connectivity index (χ1v) is 2.04. The van der Waals surface area contributed by atoms with E-state index in [0.29, 0.717) is 0 Å². The molecule has 0 atom stereocenters. The third kappa shape index (κ3) is 17.9. The van der Waals surface area contributed by atoms with Gasteiger partial charge in [0.1, 0.15) is 0 Å². The normalized spacial score (nSPS) is 6.86. The summed E-state index contributed by atoms with van der Waals surface area (Å²) >= 11 is 0. The summed E-state index contributed by atoms with van der Waals surface area (Å²) in [5.41, 5.74) is 0. The van der Waals surface area contributed by atoms with Crippen molar-refractivity contribution in [2.45, 2.75) is 0 Å². The molecule has 0 fully saturated rings. The summed E-state index contributed by atoms with van der Waals surface area (Å²) in [7, 11) is 0.505. The molecule has 41 valence electrons. The Kier molecular flexibility index (Phi) is 25.2. The van der Waals surface area contributed by atoms with Crippen molar-refractivity contribution < 1.29 is 68.1 Å². The fourth-order valence-corrected chi connectivity index (χ4v) is 0. The number of hydrogen-bond acceptors (Lipinski definition) is 3. The van der Waals surface area contributed by atoms with Crippen molar-refractivity contribution in [2.75, 3.05) is 0 Å². The number of hydrogen-bond donors (Lipinski definition) is 2. The summed E-state index contributed by atoms with van der Waals surface area (Å²) in [6.07, 6.45) is 0. The van der Waals surface area contributed by atoms with Crippen LogP contribution in [0, 0.1) is 7.11 Å². The van der Waals surface area contributed by atoms with E-state index in [9.17, 15) is 0 Å². The van der Waals surface area contributed by atoms with Crippen LogP contribution < -0.4 is 0 Å². The summed E-state index contributed by atoms with van der Waals surface area (Å²) in [5, 5.41) is 0. The Morgan fingerprint density at radius 2 is 1.57 bits per heavy atom. The molecule has 1 radical (unpaired) electrons. The van der Waals surface area contributed by atoms with Gasteiger partial charge in [-0.2, -0.15) is 0 Å². The third-order valence-electron chi connectivity index (χ3n) is 0.115. The average Bonchev–Trinajstić information content (AvgIpc) is 1.38. The predicted molar refractivity (Wildman–Crippen MR) is 17.8 cm³/mol. The molecule has 0 heterocycles. The van der Waals surface area contributed by atoms with Gasteiger partial charge in [-0.25, -0.2) is 7.11 Å². The van der Waals surface area contributed by atoms with Crippen molar-refractivity contribution in [1.29, 1.82) is 0 Å². The molecule has 2 N–H and O–H groups in total. The maximum atomic E-state index is 7.70. The van der Waals surface area contributed by atoms with Crippen molar-refractivity contribution in [3.63, 3.8) is 0 Å². The fourth-order valence-electron chi connectivity index (χ4n) is 0. The van der Waals surface area contributed by atoms with Gasteiger partial charge in [0.15, 0.2) is 0 Å². The maximum absolute atomic E-state index is 7.70. The molecule has 0 saturated carbocycles. The van der Waals surface area contributed by atoms with Crippen LogP contribution in [0.1, 0.15) is 0 Å². The molecule has 0 rings (SSSR count). The maximum Gasteiger partial charge on any atom is 0.293 e. The summed E-state index contributed by atoms with van der Waals surface area (Å²) in [5.74, 6) is 0. The Hall–Kier alpha value is 2.10. The number of rotatable bonds is 1. The molecule has 0 amide bonds. The minimum atomic E-state index is -2.21. The molecule has 0 aliphatic heterocycles. The van der Waals surface area contributed by atoms with Crippen LogP contribution in [-0.2, 0) is 58.3 Å². The van der Waals surface area contributed by atoms with Crippen molar-refractivity contribution >= 4 is 8.60 Å². The van der Waals surface area contributed by atoms with Gasteiger partial charge in [-0.05, 0) is 0 Å². The first kappa shape index (κ1) is 16.0. The molecule has 0 aliphatic carbocycles. The quantitative estimate of drug-likeness (QED) is 0.507. The molecule has 0 spiro atoms. The van der Waals surface area contributed by atoms with Crippen LogP contribution in [0.3, 0.4) is 0 Å². The summed E-state index contributed by atoms with van der Waals surface area (Å²) in [4.78, 5) is 15.4. The Morgan fingerprint density at radius 3 is 1.57 bits per heavy atom. The van der Waals surface area contributed by atoms with E-state index in [0.717, 1.165) is 0 Å². The van der Waals surface area contributed by atoms with Crippen molar-refractivity contribution in [2.24, 2.45) is 0 Å². The van der Waals surface area contributed by atoms with E-state index >= 15 is 0 Å². The van der Waals surface area contributed by atoms with E-state index in [4.69, 9.17) is 9.79 Å². The first-order chi connectivity index (χ1) is 2.27. The Balaban J connectivity index is -0.0000000800. The Labute approximate surface area is 83.0 Å². The van der Waals surface area contributed by atoms with Crippen LogP contribution in [0.2, 0.25) is 0 Å². The summed E-state index contributed by atoms with van der Waals surface area (Å²) in [6, 6.07) is 0. The van der Waals surface area contributed by atoms with Crippen LogP contribution in [0.4, 0.5) is 0 Å². The van der Waals surface area contributed by atoms with E-state index in [2.05, 4.69) is 11.6 Å². The molecule has 0 unspecified atom stereocenters. The second-order valence-corrected chi connectivity index (χ2v) is 1.15. The van der Waals surface area contributed by atoms with Gasteiger partial charge in [-0.1, -0.05) is 0 Å². The van der Waals surface area contributed by atoms with Gasteiger partial charge < -0.3 is 14.3 Å². The van der Waals surface area contributed by atoms with Crippen molar-refractivity contribution in [1.82, 2.24) is 0 Å². The van der Waals surface area contributed by atoms with Gasteiger partial charge in [0.2, 0.25) is 0 Å². The van der Waals surface area contributed by atoms with Gasteiger partial charge in [0.05, 0.1) is 0 Å². The molecular formula is CH4O3PWY-. The van der Waals surface area contributed by atoms with E-state index in [1.807, 2.05) is 0 Å². The SMILES string of the molecule is [CH2-]OP(O)O.[W].[Y]. The van der Waals surface area contributed by atoms with Gasteiger partial charge >= 0.3 is 0 Å². The smallest absolute Gasteiger partial charge is 0.293 e. The van der Waals surface area contributed by atoms with Gasteiger partial charge in [0, 0.05) is 53.8 Å². The minimum Gasteiger partial charge on any atom is -0.493 e. The minimum absolute atomic E-state index is 0. The van der Waals surface area contributed by atoms with Crippen molar-refractivity contribution in [3.05, 3.63) is 7.11 Å². The largest absolute Gasteiger partial charge is 0.493 e. The molecule has 0 aromatic heterocycles. The van der Waals surface area contributed by atoms with Gasteiger partial charge in [-0.3, -0.25) is 0 Å². The molecule has 7 heavy (non-hydrogen) atoms. The molecular weight excluding hydrogens is 364 g/mol. The van der Waals surface area contributed by atoms with E-state index in [1.165, 1.54) is 0 Å². The van der Waals surface area contributed by atoms with Crippen LogP contribution in [-0.4, -0.2) is 9.79 Å². The van der Waals surface area contributed by atoms with Crippen LogP contribution >= 0.6 is 8.60 Å². The molecule has 3 nitrogen and oxygen atoms in total. The zero-order valence-corrected chi connectivity index (χ0v) is 10.1. The van der Waals surface area contributed by atoms with E-state index in [1.54, 1.807) is 0 Å². The van der Waals surface area contributed by atoms with Gasteiger partial charge in [0.25, 0.3) is 8.60 Å². The standard InChI is InChI=1S/CH4O3P.W.Y/c1-4-5(2)3;;/h2-3H,1H2;;/q-1;;. The molecule has 0 aromatic rings. The Morgan fingerprint density at radius 1 is 1.43 bits per heavy atom. The van der Waals surface area contributed by atoms with E-state index < -0.39 is 8.60 Å². The van der Waals surface area contributed by atoms with Gasteiger partial charge in [-0.15, -0.1) is 0 Å². The Bertz CT molecular complexity index is 28.9. The predicted octanol–water partition coefficient (Wildman–Crippen LogP) is 0.00109. The molecule has 0 bridgehead atoms. The fraction of sp³-hybridized carbons (Fsp3) is 0. The topological polar surface area (TPSA) is 49.7 Å². The van der Waals surface area contributed by atoms with E-state index in [-0.39, 0.29) is 53.8 Å². The van der Waals surface area contributed by atoms with Crippen LogP contribution in [0.15, 0.2) is 0 Å². The van der Waals surface area contributed by atoms with Crippen LogP contribution in [0.25, 0.3) is 0 Å². The summed E-state index contributed by atoms with van der Waals surface area (Å²) < 4.78 is 3.68.